The number of nitrogens with one attached hydrogen (secondary N) is 2. The van der Waals surface area contributed by atoms with Gasteiger partial charge in [-0.25, -0.2) is 0 Å². The Bertz CT molecular complexity index is 784. The molecule has 2 aromatic rings. The highest BCUT2D eigenvalue weighted by molar-refractivity contribution is 5.96. The van der Waals surface area contributed by atoms with Crippen molar-refractivity contribution >= 4 is 29.1 Å². The largest absolute Gasteiger partial charge is 0.374 e. The Labute approximate surface area is 140 Å². The van der Waals surface area contributed by atoms with Crippen molar-refractivity contribution in [3.8, 4) is 0 Å². The first kappa shape index (κ1) is 16.0. The van der Waals surface area contributed by atoms with Gasteiger partial charge in [-0.15, -0.1) is 0 Å². The summed E-state index contributed by atoms with van der Waals surface area (Å²) in [5.74, 6) is 0.166. The van der Waals surface area contributed by atoms with Gasteiger partial charge in [-0.3, -0.25) is 14.9 Å². The average Bonchev–Trinajstić information content (AvgIpc) is 3.12. The van der Waals surface area contributed by atoms with Crippen LogP contribution in [-0.4, -0.2) is 29.6 Å². The van der Waals surface area contributed by atoms with Gasteiger partial charge in [0.2, 0.25) is 17.7 Å². The van der Waals surface area contributed by atoms with Crippen molar-refractivity contribution in [1.29, 1.82) is 0 Å². The minimum absolute atomic E-state index is 0.0459. The number of benzene rings is 1. The molecule has 0 fully saturated rings. The van der Waals surface area contributed by atoms with Crippen molar-refractivity contribution in [1.82, 2.24) is 5.16 Å². The molecule has 0 aliphatic carbocycles. The summed E-state index contributed by atoms with van der Waals surface area (Å²) in [5.41, 5.74) is 3.60. The highest BCUT2D eigenvalue weighted by Gasteiger charge is 2.23. The SMILES string of the molecule is CC(=O)N1CCc2cc(NC(C)C(=O)Nc3cc(C)no3)ccc21. The van der Waals surface area contributed by atoms with Crippen LogP contribution in [0.3, 0.4) is 0 Å². The van der Waals surface area contributed by atoms with E-state index in [1.165, 1.54) is 0 Å². The number of anilines is 3. The van der Waals surface area contributed by atoms with Crippen molar-refractivity contribution in [2.24, 2.45) is 0 Å². The molecule has 0 saturated carbocycles. The van der Waals surface area contributed by atoms with E-state index in [1.807, 2.05) is 18.2 Å². The van der Waals surface area contributed by atoms with Crippen LogP contribution < -0.4 is 15.5 Å². The van der Waals surface area contributed by atoms with E-state index in [-0.39, 0.29) is 11.8 Å². The lowest BCUT2D eigenvalue weighted by Gasteiger charge is -2.17. The zero-order valence-electron chi connectivity index (χ0n) is 13.9. The third-order valence-electron chi connectivity index (χ3n) is 4.01. The molecule has 7 nitrogen and oxygen atoms in total. The molecule has 2 amide bonds. The summed E-state index contributed by atoms with van der Waals surface area (Å²) in [5, 5.41) is 9.57. The topological polar surface area (TPSA) is 87.5 Å². The molecular formula is C17H20N4O3. The van der Waals surface area contributed by atoms with Crippen LogP contribution in [0, 0.1) is 6.92 Å². The van der Waals surface area contributed by atoms with Gasteiger partial charge >= 0.3 is 0 Å². The van der Waals surface area contributed by atoms with Crippen molar-refractivity contribution in [3.63, 3.8) is 0 Å². The fourth-order valence-corrected chi connectivity index (χ4v) is 2.79. The number of aryl methyl sites for hydroxylation is 1. The maximum Gasteiger partial charge on any atom is 0.248 e. The van der Waals surface area contributed by atoms with Crippen LogP contribution in [-0.2, 0) is 16.0 Å². The molecule has 1 unspecified atom stereocenters. The van der Waals surface area contributed by atoms with E-state index in [1.54, 1.807) is 31.7 Å². The molecular weight excluding hydrogens is 308 g/mol. The lowest BCUT2D eigenvalue weighted by molar-refractivity contribution is -0.117. The van der Waals surface area contributed by atoms with Crippen LogP contribution in [0.4, 0.5) is 17.3 Å². The number of aromatic nitrogens is 1. The van der Waals surface area contributed by atoms with Gasteiger partial charge in [-0.05, 0) is 44.0 Å². The van der Waals surface area contributed by atoms with E-state index >= 15 is 0 Å². The predicted molar refractivity (Wildman–Crippen MR) is 91.1 cm³/mol. The first-order chi connectivity index (χ1) is 11.4. The molecule has 2 N–H and O–H groups in total. The Hall–Kier alpha value is -2.83. The maximum absolute atomic E-state index is 12.2. The molecule has 2 heterocycles. The van der Waals surface area contributed by atoms with E-state index in [4.69, 9.17) is 4.52 Å². The van der Waals surface area contributed by atoms with Crippen LogP contribution in [0.5, 0.6) is 0 Å². The van der Waals surface area contributed by atoms with Crippen molar-refractivity contribution in [3.05, 3.63) is 35.5 Å². The zero-order valence-corrected chi connectivity index (χ0v) is 13.9. The molecule has 0 radical (unpaired) electrons. The molecule has 1 aliphatic rings. The van der Waals surface area contributed by atoms with E-state index in [9.17, 15) is 9.59 Å². The minimum atomic E-state index is -0.446. The number of nitrogens with zero attached hydrogens (tertiary/aromatic N) is 2. The summed E-state index contributed by atoms with van der Waals surface area (Å²) in [6, 6.07) is 6.99. The zero-order chi connectivity index (χ0) is 17.3. The van der Waals surface area contributed by atoms with Crippen molar-refractivity contribution in [2.75, 3.05) is 22.1 Å². The van der Waals surface area contributed by atoms with E-state index in [0.29, 0.717) is 18.1 Å². The minimum Gasteiger partial charge on any atom is -0.374 e. The average molecular weight is 328 g/mol. The van der Waals surface area contributed by atoms with E-state index < -0.39 is 6.04 Å². The number of hydrogen-bond acceptors (Lipinski definition) is 5. The second-order valence-electron chi connectivity index (χ2n) is 5.95. The molecule has 0 saturated heterocycles. The van der Waals surface area contributed by atoms with Gasteiger partial charge in [0.05, 0.1) is 5.69 Å². The van der Waals surface area contributed by atoms with Crippen LogP contribution in [0.2, 0.25) is 0 Å². The summed E-state index contributed by atoms with van der Waals surface area (Å²) in [4.78, 5) is 25.5. The number of fused-ring (bicyclic) bond motifs is 1. The highest BCUT2D eigenvalue weighted by Crippen LogP contribution is 2.30. The van der Waals surface area contributed by atoms with Crippen molar-refractivity contribution in [2.45, 2.75) is 33.2 Å². The summed E-state index contributed by atoms with van der Waals surface area (Å²) >= 11 is 0. The summed E-state index contributed by atoms with van der Waals surface area (Å²) in [6.07, 6.45) is 0.822. The van der Waals surface area contributed by atoms with E-state index in [2.05, 4.69) is 15.8 Å². The number of carbonyl (C=O) groups is 2. The number of carbonyl (C=O) groups excluding carboxylic acids is 2. The Morgan fingerprint density at radius 3 is 2.79 bits per heavy atom. The Kier molecular flexibility index (Phi) is 4.24. The van der Waals surface area contributed by atoms with Crippen LogP contribution in [0.1, 0.15) is 25.1 Å². The Balaban J connectivity index is 1.65. The van der Waals surface area contributed by atoms with Gasteiger partial charge in [0.15, 0.2) is 0 Å². The van der Waals surface area contributed by atoms with Crippen LogP contribution >= 0.6 is 0 Å². The normalized spacial score (nSPS) is 14.2. The molecule has 1 aliphatic heterocycles. The number of hydrogen-bond donors (Lipinski definition) is 2. The predicted octanol–water partition coefficient (Wildman–Crippen LogP) is 2.33. The lowest BCUT2D eigenvalue weighted by atomic mass is 10.1. The van der Waals surface area contributed by atoms with Gasteiger partial charge in [0, 0.05) is 30.9 Å². The number of rotatable bonds is 4. The monoisotopic (exact) mass is 328 g/mol. The third kappa shape index (κ3) is 3.24. The molecule has 24 heavy (non-hydrogen) atoms. The Morgan fingerprint density at radius 2 is 2.12 bits per heavy atom. The molecule has 126 valence electrons. The quantitative estimate of drug-likeness (QED) is 0.899. The molecule has 3 rings (SSSR count). The second-order valence-corrected chi connectivity index (χ2v) is 5.95. The maximum atomic E-state index is 12.2. The summed E-state index contributed by atoms with van der Waals surface area (Å²) < 4.78 is 4.98. The second kappa shape index (κ2) is 6.35. The first-order valence-corrected chi connectivity index (χ1v) is 7.86. The highest BCUT2D eigenvalue weighted by atomic mass is 16.5. The number of amides is 2. The van der Waals surface area contributed by atoms with Gasteiger partial charge in [-0.2, -0.15) is 0 Å². The smallest absolute Gasteiger partial charge is 0.248 e. The molecule has 1 aromatic carbocycles. The fraction of sp³-hybridized carbons (Fsp3) is 0.353. The van der Waals surface area contributed by atoms with E-state index in [0.717, 1.165) is 23.4 Å². The molecule has 0 bridgehead atoms. The fourth-order valence-electron chi connectivity index (χ4n) is 2.79. The van der Waals surface area contributed by atoms with Gasteiger partial charge in [0.25, 0.3) is 0 Å². The van der Waals surface area contributed by atoms with Gasteiger partial charge < -0.3 is 14.7 Å². The standard InChI is InChI=1S/C17H20N4O3/c1-10-8-16(24-20-10)19-17(23)11(2)18-14-4-5-15-13(9-14)6-7-21(15)12(3)22/h4-5,8-9,11,18H,6-7H2,1-3H3,(H,19,23). The Morgan fingerprint density at radius 1 is 1.33 bits per heavy atom. The molecule has 1 aromatic heterocycles. The lowest BCUT2D eigenvalue weighted by Crippen LogP contribution is -2.31. The van der Waals surface area contributed by atoms with Gasteiger partial charge in [-0.1, -0.05) is 5.16 Å². The summed E-state index contributed by atoms with van der Waals surface area (Å²) in [6.45, 7) is 5.83. The third-order valence-corrected chi connectivity index (χ3v) is 4.01. The molecule has 1 atom stereocenters. The molecule has 7 heteroatoms. The molecule has 0 spiro atoms. The summed E-state index contributed by atoms with van der Waals surface area (Å²) in [7, 11) is 0. The van der Waals surface area contributed by atoms with Gasteiger partial charge in [0.1, 0.15) is 6.04 Å². The first-order valence-electron chi connectivity index (χ1n) is 7.86. The van der Waals surface area contributed by atoms with Crippen LogP contribution in [0.25, 0.3) is 0 Å². The van der Waals surface area contributed by atoms with Crippen molar-refractivity contribution < 1.29 is 14.1 Å². The van der Waals surface area contributed by atoms with Crippen LogP contribution in [0.15, 0.2) is 28.8 Å².